The van der Waals surface area contributed by atoms with Gasteiger partial charge < -0.3 is 20.5 Å². The van der Waals surface area contributed by atoms with Crippen LogP contribution in [0.25, 0.3) is 0 Å². The number of nitrogens with two attached hydrogens (primary N) is 1. The van der Waals surface area contributed by atoms with Crippen molar-refractivity contribution in [3.63, 3.8) is 0 Å². The lowest BCUT2D eigenvalue weighted by Crippen LogP contribution is -2.35. The summed E-state index contributed by atoms with van der Waals surface area (Å²) in [5.74, 6) is 0.327. The topological polar surface area (TPSA) is 73.6 Å². The number of hydrogen-bond donors (Lipinski definition) is 2. The minimum atomic E-state index is -0.161. The van der Waals surface area contributed by atoms with Crippen LogP contribution >= 0.6 is 0 Å². The van der Waals surface area contributed by atoms with Gasteiger partial charge >= 0.3 is 0 Å². The second kappa shape index (κ2) is 6.43. The van der Waals surface area contributed by atoms with E-state index in [2.05, 4.69) is 5.32 Å². The van der Waals surface area contributed by atoms with Gasteiger partial charge in [0, 0.05) is 24.9 Å². The van der Waals surface area contributed by atoms with Gasteiger partial charge in [-0.05, 0) is 31.4 Å². The first-order chi connectivity index (χ1) is 9.20. The largest absolute Gasteiger partial charge is 0.496 e. The Balaban J connectivity index is 1.95. The molecule has 1 saturated heterocycles. The number of hydrogen-bond acceptors (Lipinski definition) is 4. The van der Waals surface area contributed by atoms with Crippen molar-refractivity contribution in [2.45, 2.75) is 25.4 Å². The predicted octanol–water partition coefficient (Wildman–Crippen LogP) is 1.58. The number of ether oxygens (including phenoxy) is 2. The molecule has 0 saturated carbocycles. The summed E-state index contributed by atoms with van der Waals surface area (Å²) in [7, 11) is 1.52. The summed E-state index contributed by atoms with van der Waals surface area (Å²) >= 11 is 0. The first kappa shape index (κ1) is 13.7. The van der Waals surface area contributed by atoms with Crippen LogP contribution in [0.2, 0.25) is 0 Å². The summed E-state index contributed by atoms with van der Waals surface area (Å²) in [6.07, 6.45) is 3.39. The molecular weight excluding hydrogens is 244 g/mol. The van der Waals surface area contributed by atoms with Crippen molar-refractivity contribution in [3.05, 3.63) is 23.8 Å². The first-order valence-electron chi connectivity index (χ1n) is 6.54. The number of carbonyl (C=O) groups excluding carboxylic acids is 1. The predicted molar refractivity (Wildman–Crippen MR) is 73.3 cm³/mol. The third kappa shape index (κ3) is 3.61. The van der Waals surface area contributed by atoms with Crippen LogP contribution in [0, 0.1) is 0 Å². The molecule has 1 aromatic rings. The number of carbonyl (C=O) groups is 1. The summed E-state index contributed by atoms with van der Waals surface area (Å²) in [6.45, 7) is 1.32. The number of anilines is 1. The highest BCUT2D eigenvalue weighted by Crippen LogP contribution is 2.21. The van der Waals surface area contributed by atoms with Gasteiger partial charge in [0.2, 0.25) is 0 Å². The average molecular weight is 264 g/mol. The first-order valence-corrected chi connectivity index (χ1v) is 6.54. The van der Waals surface area contributed by atoms with Gasteiger partial charge in [-0.15, -0.1) is 0 Å². The molecule has 5 nitrogen and oxygen atoms in total. The molecule has 5 heteroatoms. The molecule has 0 spiro atoms. The Morgan fingerprint density at radius 2 is 2.37 bits per heavy atom. The van der Waals surface area contributed by atoms with E-state index in [0.717, 1.165) is 25.9 Å². The van der Waals surface area contributed by atoms with Gasteiger partial charge in [-0.25, -0.2) is 0 Å². The Labute approximate surface area is 113 Å². The van der Waals surface area contributed by atoms with Crippen molar-refractivity contribution in [1.82, 2.24) is 5.32 Å². The molecule has 1 aromatic carbocycles. The molecule has 0 aliphatic carbocycles. The number of nitrogen functional groups attached to an aromatic ring is 1. The second-order valence-corrected chi connectivity index (χ2v) is 4.66. The summed E-state index contributed by atoms with van der Waals surface area (Å²) in [4.78, 5) is 12.1. The van der Waals surface area contributed by atoms with Crippen molar-refractivity contribution in [3.8, 4) is 5.75 Å². The molecule has 19 heavy (non-hydrogen) atoms. The molecule has 1 unspecified atom stereocenters. The number of rotatable bonds is 4. The van der Waals surface area contributed by atoms with E-state index in [9.17, 15) is 4.79 Å². The maximum atomic E-state index is 12.1. The summed E-state index contributed by atoms with van der Waals surface area (Å²) in [5, 5.41) is 2.88. The van der Waals surface area contributed by atoms with E-state index in [4.69, 9.17) is 15.2 Å². The molecule has 2 rings (SSSR count). The van der Waals surface area contributed by atoms with E-state index < -0.39 is 0 Å². The smallest absolute Gasteiger partial charge is 0.255 e. The molecule has 1 atom stereocenters. The monoisotopic (exact) mass is 264 g/mol. The van der Waals surface area contributed by atoms with Crippen LogP contribution in [-0.2, 0) is 4.74 Å². The van der Waals surface area contributed by atoms with Gasteiger partial charge in [-0.2, -0.15) is 0 Å². The van der Waals surface area contributed by atoms with Crippen molar-refractivity contribution in [2.24, 2.45) is 0 Å². The van der Waals surface area contributed by atoms with Crippen molar-refractivity contribution < 1.29 is 14.3 Å². The van der Waals surface area contributed by atoms with Crippen LogP contribution in [-0.4, -0.2) is 32.3 Å². The zero-order valence-electron chi connectivity index (χ0n) is 11.1. The van der Waals surface area contributed by atoms with Crippen LogP contribution in [0.4, 0.5) is 5.69 Å². The molecule has 3 N–H and O–H groups in total. The van der Waals surface area contributed by atoms with Crippen LogP contribution in [0.3, 0.4) is 0 Å². The van der Waals surface area contributed by atoms with E-state index in [0.29, 0.717) is 23.5 Å². The summed E-state index contributed by atoms with van der Waals surface area (Å²) in [5.41, 5.74) is 6.73. The van der Waals surface area contributed by atoms with Gasteiger partial charge in [-0.1, -0.05) is 0 Å². The normalized spacial score (nSPS) is 18.9. The molecule has 104 valence electrons. The third-order valence-electron chi connectivity index (χ3n) is 3.23. The van der Waals surface area contributed by atoms with Gasteiger partial charge in [-0.3, -0.25) is 4.79 Å². The number of benzene rings is 1. The standard InChI is InChI=1S/C14H20N2O3/c1-18-13-8-10(15)5-6-12(13)14(17)16-9-11-4-2-3-7-19-11/h5-6,8,11H,2-4,7,9,15H2,1H3,(H,16,17). The van der Waals surface area contributed by atoms with Crippen LogP contribution in [0.5, 0.6) is 5.75 Å². The fourth-order valence-corrected chi connectivity index (χ4v) is 2.17. The van der Waals surface area contributed by atoms with Gasteiger partial charge in [0.25, 0.3) is 5.91 Å². The average Bonchev–Trinajstić information content (AvgIpc) is 2.45. The fourth-order valence-electron chi connectivity index (χ4n) is 2.17. The summed E-state index contributed by atoms with van der Waals surface area (Å²) < 4.78 is 10.7. The molecule has 1 aliphatic rings. The molecule has 1 amide bonds. The highest BCUT2D eigenvalue weighted by atomic mass is 16.5. The number of amides is 1. The zero-order valence-corrected chi connectivity index (χ0v) is 11.1. The van der Waals surface area contributed by atoms with Crippen molar-refractivity contribution in [1.29, 1.82) is 0 Å². The molecule has 1 fully saturated rings. The lowest BCUT2D eigenvalue weighted by molar-refractivity contribution is 0.0169. The zero-order chi connectivity index (χ0) is 13.7. The maximum absolute atomic E-state index is 12.1. The van der Waals surface area contributed by atoms with E-state index in [1.54, 1.807) is 18.2 Å². The Kier molecular flexibility index (Phi) is 4.63. The summed E-state index contributed by atoms with van der Waals surface area (Å²) in [6, 6.07) is 5.01. The Hall–Kier alpha value is -1.75. The van der Waals surface area contributed by atoms with Crippen LogP contribution in [0.15, 0.2) is 18.2 Å². The third-order valence-corrected chi connectivity index (χ3v) is 3.23. The Bertz CT molecular complexity index is 442. The minimum Gasteiger partial charge on any atom is -0.496 e. The molecule has 1 aliphatic heterocycles. The van der Waals surface area contributed by atoms with E-state index >= 15 is 0 Å². The van der Waals surface area contributed by atoms with Gasteiger partial charge in [0.05, 0.1) is 18.8 Å². The van der Waals surface area contributed by atoms with E-state index in [1.165, 1.54) is 7.11 Å². The Morgan fingerprint density at radius 3 is 3.05 bits per heavy atom. The lowest BCUT2D eigenvalue weighted by Gasteiger charge is -2.22. The minimum absolute atomic E-state index is 0.123. The Morgan fingerprint density at radius 1 is 1.53 bits per heavy atom. The lowest BCUT2D eigenvalue weighted by atomic mass is 10.1. The number of nitrogens with one attached hydrogen (secondary N) is 1. The maximum Gasteiger partial charge on any atom is 0.255 e. The highest BCUT2D eigenvalue weighted by molar-refractivity contribution is 5.97. The quantitative estimate of drug-likeness (QED) is 0.810. The van der Waals surface area contributed by atoms with Crippen molar-refractivity contribution >= 4 is 11.6 Å². The molecular formula is C14H20N2O3. The van der Waals surface area contributed by atoms with Gasteiger partial charge in [0.15, 0.2) is 0 Å². The van der Waals surface area contributed by atoms with Gasteiger partial charge in [0.1, 0.15) is 5.75 Å². The van der Waals surface area contributed by atoms with Crippen LogP contribution < -0.4 is 15.8 Å². The highest BCUT2D eigenvalue weighted by Gasteiger charge is 2.17. The second-order valence-electron chi connectivity index (χ2n) is 4.66. The molecule has 0 aromatic heterocycles. The molecule has 0 bridgehead atoms. The molecule has 0 radical (unpaired) electrons. The van der Waals surface area contributed by atoms with E-state index in [1.807, 2.05) is 0 Å². The number of methoxy groups -OCH3 is 1. The van der Waals surface area contributed by atoms with Crippen LogP contribution in [0.1, 0.15) is 29.6 Å². The fraction of sp³-hybridized carbons (Fsp3) is 0.500. The SMILES string of the molecule is COc1cc(N)ccc1C(=O)NCC1CCCCO1. The molecule has 1 heterocycles. The van der Waals surface area contributed by atoms with E-state index in [-0.39, 0.29) is 12.0 Å². The van der Waals surface area contributed by atoms with Crippen molar-refractivity contribution in [2.75, 3.05) is 26.0 Å².